The van der Waals surface area contributed by atoms with Crippen molar-refractivity contribution in [2.75, 3.05) is 7.11 Å². The van der Waals surface area contributed by atoms with Crippen LogP contribution in [-0.2, 0) is 23.8 Å². The number of allylic oxidation sites excluding steroid dienone is 3. The monoisotopic (exact) mass is 500 g/mol. The van der Waals surface area contributed by atoms with Gasteiger partial charge >= 0.3 is 11.9 Å². The van der Waals surface area contributed by atoms with Crippen molar-refractivity contribution in [2.45, 2.75) is 111 Å². The normalized spacial score (nSPS) is 40.7. The number of methoxy groups -OCH3 is 1. The minimum Gasteiger partial charge on any atom is -0.501 e. The van der Waals surface area contributed by atoms with Crippen molar-refractivity contribution in [1.82, 2.24) is 0 Å². The lowest BCUT2D eigenvalue weighted by molar-refractivity contribution is -0.160. The van der Waals surface area contributed by atoms with Gasteiger partial charge in [0.15, 0.2) is 0 Å². The molecule has 0 saturated heterocycles. The Balaban J connectivity index is 1.47. The van der Waals surface area contributed by atoms with Gasteiger partial charge in [0.1, 0.15) is 11.7 Å². The smallest absolute Gasteiger partial charge is 0.331 e. The van der Waals surface area contributed by atoms with E-state index in [1.54, 1.807) is 20.1 Å². The molecule has 8 atom stereocenters. The minimum atomic E-state index is -0.491. The number of esters is 2. The maximum Gasteiger partial charge on any atom is 0.331 e. The molecule has 0 aliphatic heterocycles. The first kappa shape index (κ1) is 27.3. The number of carbonyl (C=O) groups excluding carboxylic acids is 2. The lowest BCUT2D eigenvalue weighted by atomic mass is 9.44. The van der Waals surface area contributed by atoms with E-state index in [4.69, 9.17) is 14.2 Å². The summed E-state index contributed by atoms with van der Waals surface area (Å²) < 4.78 is 17.0. The van der Waals surface area contributed by atoms with Crippen LogP contribution in [0, 0.1) is 40.4 Å². The number of hydrogen-bond donors (Lipinski definition) is 0. The van der Waals surface area contributed by atoms with Crippen molar-refractivity contribution in [3.05, 3.63) is 24.0 Å². The summed E-state index contributed by atoms with van der Waals surface area (Å²) in [6.07, 6.45) is 16.1. The van der Waals surface area contributed by atoms with Gasteiger partial charge in [-0.2, -0.15) is 0 Å². The molecule has 4 fully saturated rings. The Hall–Kier alpha value is -1.78. The average Bonchev–Trinajstić information content (AvgIpc) is 3.12. The SMILES string of the molecule is CO/C(=C/C=C/C(=O)OC(C)(C)C)[C@H]1CC[C@H]2[C@@H]3CC[C@@H]4C[C@H](OC(C)=O)CC[C@]4(C)[C@H]3CC[C@]12C. The number of rotatable bonds is 5. The van der Waals surface area contributed by atoms with Crippen molar-refractivity contribution in [3.8, 4) is 0 Å². The van der Waals surface area contributed by atoms with E-state index in [2.05, 4.69) is 13.8 Å². The Morgan fingerprint density at radius 1 is 0.917 bits per heavy atom. The van der Waals surface area contributed by atoms with E-state index in [1.807, 2.05) is 26.8 Å². The Kier molecular flexibility index (Phi) is 7.70. The molecule has 0 amide bonds. The van der Waals surface area contributed by atoms with Gasteiger partial charge in [-0.3, -0.25) is 4.79 Å². The van der Waals surface area contributed by atoms with Gasteiger partial charge in [0.2, 0.25) is 0 Å². The number of ether oxygens (including phenoxy) is 3. The number of hydrogen-bond acceptors (Lipinski definition) is 5. The van der Waals surface area contributed by atoms with E-state index in [1.165, 1.54) is 44.6 Å². The van der Waals surface area contributed by atoms with Gasteiger partial charge < -0.3 is 14.2 Å². The molecule has 36 heavy (non-hydrogen) atoms. The Morgan fingerprint density at radius 2 is 1.61 bits per heavy atom. The average molecular weight is 501 g/mol. The summed E-state index contributed by atoms with van der Waals surface area (Å²) in [4.78, 5) is 23.7. The van der Waals surface area contributed by atoms with Crippen LogP contribution in [0.3, 0.4) is 0 Å². The lowest BCUT2D eigenvalue weighted by Gasteiger charge is -2.61. The van der Waals surface area contributed by atoms with Crippen LogP contribution in [0.25, 0.3) is 0 Å². The fourth-order valence-electron chi connectivity index (χ4n) is 8.91. The van der Waals surface area contributed by atoms with E-state index >= 15 is 0 Å². The summed E-state index contributed by atoms with van der Waals surface area (Å²) in [5.74, 6) is 3.87. The second-order valence-electron chi connectivity index (χ2n) is 13.5. The Bertz CT molecular complexity index is 897. The first-order chi connectivity index (χ1) is 16.9. The lowest BCUT2D eigenvalue weighted by Crippen LogP contribution is -2.54. The maximum atomic E-state index is 12.1. The molecule has 0 unspecified atom stereocenters. The third-order valence-corrected chi connectivity index (χ3v) is 10.4. The zero-order chi connectivity index (χ0) is 26.3. The molecule has 4 saturated carbocycles. The molecule has 4 aliphatic rings. The van der Waals surface area contributed by atoms with Gasteiger partial charge in [-0.25, -0.2) is 4.79 Å². The Labute approximate surface area is 218 Å². The number of carbonyl (C=O) groups is 2. The molecule has 0 N–H and O–H groups in total. The van der Waals surface area contributed by atoms with E-state index in [-0.39, 0.29) is 23.5 Å². The molecule has 4 aliphatic carbocycles. The number of fused-ring (bicyclic) bond motifs is 5. The summed E-state index contributed by atoms with van der Waals surface area (Å²) in [6, 6.07) is 0. The summed E-state index contributed by atoms with van der Waals surface area (Å²) in [5, 5.41) is 0. The van der Waals surface area contributed by atoms with Crippen LogP contribution >= 0.6 is 0 Å². The zero-order valence-corrected chi connectivity index (χ0v) is 23.6. The van der Waals surface area contributed by atoms with Crippen LogP contribution in [0.1, 0.15) is 99.3 Å². The molecule has 0 bridgehead atoms. The van der Waals surface area contributed by atoms with Crippen LogP contribution in [0.15, 0.2) is 24.0 Å². The standard InChI is InChI=1S/C31H48O5/c1-20(32)35-22-15-17-30(5)21(19-22)11-12-23-24-13-14-26(31(24,6)18-16-25(23)30)27(34-7)9-8-10-28(33)36-29(2,3)4/h8-10,21-26H,11-19H2,1-7H3/b10-8+,27-9+/t21-,22-,23+,24+,25+,26-,30+,31+/m1/s1. The highest BCUT2D eigenvalue weighted by molar-refractivity contribution is 5.82. The van der Waals surface area contributed by atoms with Crippen LogP contribution in [0.4, 0.5) is 0 Å². The van der Waals surface area contributed by atoms with Crippen LogP contribution in [-0.4, -0.2) is 30.8 Å². The van der Waals surface area contributed by atoms with Gasteiger partial charge in [-0.1, -0.05) is 19.9 Å². The highest BCUT2D eigenvalue weighted by Crippen LogP contribution is 2.68. The van der Waals surface area contributed by atoms with Crippen LogP contribution in [0.5, 0.6) is 0 Å². The van der Waals surface area contributed by atoms with Crippen LogP contribution < -0.4 is 0 Å². The fourth-order valence-corrected chi connectivity index (χ4v) is 8.91. The van der Waals surface area contributed by atoms with Crippen molar-refractivity contribution < 1.29 is 23.8 Å². The van der Waals surface area contributed by atoms with Crippen LogP contribution in [0.2, 0.25) is 0 Å². The first-order valence-electron chi connectivity index (χ1n) is 14.2. The van der Waals surface area contributed by atoms with E-state index in [0.29, 0.717) is 17.3 Å². The summed E-state index contributed by atoms with van der Waals surface area (Å²) in [7, 11) is 1.77. The van der Waals surface area contributed by atoms with Gasteiger partial charge in [-0.15, -0.1) is 0 Å². The predicted octanol–water partition coefficient (Wildman–Crippen LogP) is 7.01. The van der Waals surface area contributed by atoms with E-state index in [0.717, 1.165) is 42.8 Å². The molecular formula is C31H48O5. The van der Waals surface area contributed by atoms with Gasteiger partial charge in [-0.05, 0) is 119 Å². The van der Waals surface area contributed by atoms with Gasteiger partial charge in [0.25, 0.3) is 0 Å². The summed E-state index contributed by atoms with van der Waals surface area (Å²) >= 11 is 0. The van der Waals surface area contributed by atoms with Gasteiger partial charge in [0.05, 0.1) is 12.9 Å². The molecule has 0 heterocycles. The molecule has 0 aromatic rings. The molecule has 4 rings (SSSR count). The first-order valence-corrected chi connectivity index (χ1v) is 14.2. The summed E-state index contributed by atoms with van der Waals surface area (Å²) in [5.41, 5.74) is 0.116. The highest BCUT2D eigenvalue weighted by Gasteiger charge is 2.61. The molecule has 5 heteroatoms. The molecular weight excluding hydrogens is 452 g/mol. The molecule has 0 aromatic heterocycles. The quantitative estimate of drug-likeness (QED) is 0.176. The molecule has 0 radical (unpaired) electrons. The van der Waals surface area contributed by atoms with Crippen molar-refractivity contribution in [2.24, 2.45) is 40.4 Å². The van der Waals surface area contributed by atoms with E-state index < -0.39 is 5.60 Å². The second-order valence-corrected chi connectivity index (χ2v) is 13.5. The van der Waals surface area contributed by atoms with Gasteiger partial charge in [0, 0.05) is 18.9 Å². The predicted molar refractivity (Wildman–Crippen MR) is 141 cm³/mol. The Morgan fingerprint density at radius 3 is 2.28 bits per heavy atom. The third-order valence-electron chi connectivity index (χ3n) is 10.4. The maximum absolute atomic E-state index is 12.1. The molecule has 0 aromatic carbocycles. The topological polar surface area (TPSA) is 61.8 Å². The zero-order valence-electron chi connectivity index (χ0n) is 23.6. The minimum absolute atomic E-state index is 0.116. The molecule has 5 nitrogen and oxygen atoms in total. The van der Waals surface area contributed by atoms with E-state index in [9.17, 15) is 9.59 Å². The molecule has 0 spiro atoms. The van der Waals surface area contributed by atoms with Crippen molar-refractivity contribution in [3.63, 3.8) is 0 Å². The van der Waals surface area contributed by atoms with Crippen molar-refractivity contribution >= 4 is 11.9 Å². The summed E-state index contributed by atoms with van der Waals surface area (Å²) in [6.45, 7) is 12.2. The third kappa shape index (κ3) is 5.27. The largest absolute Gasteiger partial charge is 0.501 e. The van der Waals surface area contributed by atoms with Crippen molar-refractivity contribution in [1.29, 1.82) is 0 Å². The fraction of sp³-hybridized carbons (Fsp3) is 0.806. The molecule has 202 valence electrons. The second kappa shape index (κ2) is 10.2. The highest BCUT2D eigenvalue weighted by atomic mass is 16.6.